The summed E-state index contributed by atoms with van der Waals surface area (Å²) in [6.07, 6.45) is 2.73. The molecule has 0 amide bonds. The monoisotopic (exact) mass is 324 g/mol. The van der Waals surface area contributed by atoms with Gasteiger partial charge in [-0.25, -0.2) is 0 Å². The van der Waals surface area contributed by atoms with E-state index in [0.717, 1.165) is 5.56 Å². The number of aliphatic hydroxyl groups is 1. The number of benzene rings is 2. The molecule has 0 saturated carbocycles. The summed E-state index contributed by atoms with van der Waals surface area (Å²) in [6.45, 7) is 3.53. The Labute approximate surface area is 141 Å². The molecule has 4 heteroatoms. The van der Waals surface area contributed by atoms with Gasteiger partial charge in [-0.1, -0.05) is 36.4 Å². The van der Waals surface area contributed by atoms with Crippen LogP contribution in [0.2, 0.25) is 0 Å². The quantitative estimate of drug-likeness (QED) is 0.671. The number of hydrogen-bond donors (Lipinski definition) is 2. The molecule has 0 radical (unpaired) electrons. The summed E-state index contributed by atoms with van der Waals surface area (Å²) in [7, 11) is 0. The van der Waals surface area contributed by atoms with Crippen LogP contribution in [0.15, 0.2) is 48.5 Å². The van der Waals surface area contributed by atoms with E-state index in [0.29, 0.717) is 16.9 Å². The first-order chi connectivity index (χ1) is 11.4. The van der Waals surface area contributed by atoms with E-state index in [2.05, 4.69) is 0 Å². The van der Waals surface area contributed by atoms with E-state index < -0.39 is 11.7 Å². The first-order valence-corrected chi connectivity index (χ1v) is 7.88. The number of hydrogen-bond acceptors (Lipinski definition) is 4. The van der Waals surface area contributed by atoms with Crippen molar-refractivity contribution >= 4 is 11.9 Å². The number of ketones is 1. The van der Waals surface area contributed by atoms with Gasteiger partial charge >= 0.3 is 0 Å². The van der Waals surface area contributed by atoms with Crippen molar-refractivity contribution in [1.82, 2.24) is 0 Å². The lowest BCUT2D eigenvalue weighted by atomic mass is 9.88. The molecule has 24 heavy (non-hydrogen) atoms. The van der Waals surface area contributed by atoms with Gasteiger partial charge in [-0.15, -0.1) is 0 Å². The zero-order chi connectivity index (χ0) is 17.3. The molecule has 0 bridgehead atoms. The van der Waals surface area contributed by atoms with E-state index in [4.69, 9.17) is 4.74 Å². The summed E-state index contributed by atoms with van der Waals surface area (Å²) < 4.78 is 5.85. The van der Waals surface area contributed by atoms with Crippen LogP contribution in [-0.2, 0) is 6.42 Å². The van der Waals surface area contributed by atoms with Crippen LogP contribution in [0.4, 0.5) is 0 Å². The van der Waals surface area contributed by atoms with Crippen LogP contribution in [0.5, 0.6) is 11.5 Å². The van der Waals surface area contributed by atoms with Crippen LogP contribution in [0.1, 0.15) is 35.3 Å². The highest BCUT2D eigenvalue weighted by atomic mass is 16.5. The molecule has 0 saturated heterocycles. The molecule has 0 spiro atoms. The lowest BCUT2D eigenvalue weighted by molar-refractivity contribution is -0.0420. The minimum atomic E-state index is -0.820. The fourth-order valence-electron chi connectivity index (χ4n) is 2.72. The molecule has 0 aliphatic carbocycles. The second-order valence-corrected chi connectivity index (χ2v) is 6.47. The lowest BCUT2D eigenvalue weighted by Gasteiger charge is -2.37. The third-order valence-electron chi connectivity index (χ3n) is 4.29. The van der Waals surface area contributed by atoms with Gasteiger partial charge in [0.1, 0.15) is 17.1 Å². The summed E-state index contributed by atoms with van der Waals surface area (Å²) in [6, 6.07) is 12.6. The minimum Gasteiger partial charge on any atom is -0.508 e. The first kappa shape index (κ1) is 16.3. The fourth-order valence-corrected chi connectivity index (χ4v) is 2.72. The van der Waals surface area contributed by atoms with Gasteiger partial charge in [0.15, 0.2) is 5.78 Å². The molecule has 1 aliphatic rings. The second-order valence-electron chi connectivity index (χ2n) is 6.47. The molecular formula is C20H20O4. The molecule has 2 N–H and O–H groups in total. The summed E-state index contributed by atoms with van der Waals surface area (Å²) in [5, 5.41) is 20.2. The molecule has 3 rings (SSSR count). The van der Waals surface area contributed by atoms with Crippen LogP contribution in [0.3, 0.4) is 0 Å². The number of aromatic hydroxyl groups is 1. The molecule has 4 nitrogen and oxygen atoms in total. The first-order valence-electron chi connectivity index (χ1n) is 7.88. The van der Waals surface area contributed by atoms with Gasteiger partial charge < -0.3 is 14.9 Å². The molecule has 0 unspecified atom stereocenters. The summed E-state index contributed by atoms with van der Waals surface area (Å²) in [5.41, 5.74) is 0.963. The second kappa shape index (κ2) is 6.13. The third kappa shape index (κ3) is 3.05. The van der Waals surface area contributed by atoms with Crippen LogP contribution >= 0.6 is 0 Å². The van der Waals surface area contributed by atoms with Gasteiger partial charge in [-0.05, 0) is 37.6 Å². The Morgan fingerprint density at radius 2 is 1.92 bits per heavy atom. The Morgan fingerprint density at radius 1 is 1.21 bits per heavy atom. The predicted molar refractivity (Wildman–Crippen MR) is 92.3 cm³/mol. The molecule has 1 aliphatic heterocycles. The summed E-state index contributed by atoms with van der Waals surface area (Å²) in [4.78, 5) is 12.6. The third-order valence-corrected chi connectivity index (χ3v) is 4.29. The normalized spacial score (nSPS) is 18.9. The molecular weight excluding hydrogens is 304 g/mol. The highest BCUT2D eigenvalue weighted by Gasteiger charge is 2.38. The van der Waals surface area contributed by atoms with Gasteiger partial charge in [0, 0.05) is 12.0 Å². The van der Waals surface area contributed by atoms with Gasteiger partial charge in [0.2, 0.25) is 0 Å². The van der Waals surface area contributed by atoms with E-state index >= 15 is 0 Å². The molecule has 0 fully saturated rings. The topological polar surface area (TPSA) is 66.8 Å². The van der Waals surface area contributed by atoms with Gasteiger partial charge in [0.25, 0.3) is 0 Å². The largest absolute Gasteiger partial charge is 0.508 e. The average molecular weight is 324 g/mol. The Hall–Kier alpha value is -2.59. The zero-order valence-electron chi connectivity index (χ0n) is 13.7. The van der Waals surface area contributed by atoms with Crippen molar-refractivity contribution in [2.24, 2.45) is 0 Å². The lowest BCUT2D eigenvalue weighted by Crippen LogP contribution is -2.46. The van der Waals surface area contributed by atoms with E-state index in [1.165, 1.54) is 12.1 Å². The number of carbonyl (C=O) groups is 1. The van der Waals surface area contributed by atoms with Crippen LogP contribution in [-0.4, -0.2) is 27.7 Å². The van der Waals surface area contributed by atoms with Crippen molar-refractivity contribution < 1.29 is 19.7 Å². The SMILES string of the molecule is CC1(C)Oc2c(C(=O)C=Cc3ccccc3)ccc(O)c2C[C@@H]1O. The molecule has 0 aromatic heterocycles. The van der Waals surface area contributed by atoms with Gasteiger partial charge in [-0.3, -0.25) is 4.79 Å². The zero-order valence-corrected chi connectivity index (χ0v) is 13.7. The van der Waals surface area contributed by atoms with Crippen molar-refractivity contribution in [3.63, 3.8) is 0 Å². The van der Waals surface area contributed by atoms with Crippen molar-refractivity contribution in [2.75, 3.05) is 0 Å². The van der Waals surface area contributed by atoms with Crippen molar-refractivity contribution in [3.8, 4) is 11.5 Å². The molecule has 124 valence electrons. The number of ether oxygens (including phenoxy) is 1. The van der Waals surface area contributed by atoms with Crippen LogP contribution in [0.25, 0.3) is 6.08 Å². The van der Waals surface area contributed by atoms with Crippen LogP contribution in [0, 0.1) is 0 Å². The molecule has 1 atom stereocenters. The molecule has 2 aromatic rings. The predicted octanol–water partition coefficient (Wildman–Crippen LogP) is 3.36. The number of phenols is 1. The highest BCUT2D eigenvalue weighted by molar-refractivity contribution is 6.09. The van der Waals surface area contributed by atoms with E-state index in [9.17, 15) is 15.0 Å². The number of carbonyl (C=O) groups excluding carboxylic acids is 1. The Bertz CT molecular complexity index is 791. The Balaban J connectivity index is 1.96. The maximum absolute atomic E-state index is 12.6. The van der Waals surface area contributed by atoms with E-state index in [1.807, 2.05) is 30.3 Å². The van der Waals surface area contributed by atoms with E-state index in [1.54, 1.807) is 26.0 Å². The standard InChI is InChI=1S/C20H20O4/c1-20(2)18(23)12-15-17(22)11-9-14(19(15)24-20)16(21)10-8-13-6-4-3-5-7-13/h3-11,18,22-23H,12H2,1-2H3/t18-/m0/s1. The van der Waals surface area contributed by atoms with Crippen molar-refractivity contribution in [1.29, 1.82) is 0 Å². The van der Waals surface area contributed by atoms with Crippen LogP contribution < -0.4 is 4.74 Å². The number of aliphatic hydroxyl groups excluding tert-OH is 1. The maximum Gasteiger partial charge on any atom is 0.189 e. The molecule has 2 aromatic carbocycles. The minimum absolute atomic E-state index is 0.0307. The summed E-state index contributed by atoms with van der Waals surface area (Å²) in [5.74, 6) is 0.179. The number of allylic oxidation sites excluding steroid dienone is 1. The maximum atomic E-state index is 12.6. The number of rotatable bonds is 3. The molecule has 1 heterocycles. The fraction of sp³-hybridized carbons (Fsp3) is 0.250. The van der Waals surface area contributed by atoms with Gasteiger partial charge in [-0.2, -0.15) is 0 Å². The average Bonchev–Trinajstić information content (AvgIpc) is 2.55. The number of fused-ring (bicyclic) bond motifs is 1. The smallest absolute Gasteiger partial charge is 0.189 e. The van der Waals surface area contributed by atoms with E-state index in [-0.39, 0.29) is 18.0 Å². The highest BCUT2D eigenvalue weighted by Crippen LogP contribution is 2.40. The summed E-state index contributed by atoms with van der Waals surface area (Å²) >= 11 is 0. The van der Waals surface area contributed by atoms with Crippen molar-refractivity contribution in [3.05, 3.63) is 65.2 Å². The Kier molecular flexibility index (Phi) is 4.16. The Morgan fingerprint density at radius 3 is 2.62 bits per heavy atom. The number of phenolic OH excluding ortho intramolecular Hbond substituents is 1. The van der Waals surface area contributed by atoms with Crippen molar-refractivity contribution in [2.45, 2.75) is 32.0 Å². The van der Waals surface area contributed by atoms with Gasteiger partial charge in [0.05, 0.1) is 11.7 Å².